The standard InChI is InChI=1S/C11H13N5O3/c1-7-10(11(17)13-5-4-12)15-6-8(16(18)19)2-3-9(15)14-7/h2-3,6H,4-5,12H2,1H3,(H,13,17). The normalized spacial score (nSPS) is 10.6. The molecule has 2 aromatic heterocycles. The lowest BCUT2D eigenvalue weighted by molar-refractivity contribution is -0.385. The smallest absolute Gasteiger partial charge is 0.286 e. The molecule has 0 aliphatic rings. The summed E-state index contributed by atoms with van der Waals surface area (Å²) in [5.41, 5.74) is 6.50. The van der Waals surface area contributed by atoms with Gasteiger partial charge >= 0.3 is 0 Å². The number of carbonyl (C=O) groups is 1. The topological polar surface area (TPSA) is 116 Å². The minimum atomic E-state index is -0.518. The van der Waals surface area contributed by atoms with Crippen LogP contribution in [0, 0.1) is 17.0 Å². The zero-order valence-corrected chi connectivity index (χ0v) is 10.3. The molecule has 0 radical (unpaired) electrons. The summed E-state index contributed by atoms with van der Waals surface area (Å²) in [6.07, 6.45) is 1.28. The Bertz CT molecular complexity index is 649. The van der Waals surface area contributed by atoms with E-state index in [-0.39, 0.29) is 17.3 Å². The third kappa shape index (κ3) is 2.38. The van der Waals surface area contributed by atoms with Crippen LogP contribution in [-0.4, -0.2) is 33.3 Å². The number of nitrogens with two attached hydrogens (primary N) is 1. The van der Waals surface area contributed by atoms with Gasteiger partial charge in [0, 0.05) is 19.2 Å². The van der Waals surface area contributed by atoms with Gasteiger partial charge in [0.25, 0.3) is 11.6 Å². The van der Waals surface area contributed by atoms with Crippen molar-refractivity contribution < 1.29 is 9.72 Å². The molecule has 0 atom stereocenters. The molecule has 0 aromatic carbocycles. The lowest BCUT2D eigenvalue weighted by Gasteiger charge is -2.04. The minimum Gasteiger partial charge on any atom is -0.349 e. The average Bonchev–Trinajstić information content (AvgIpc) is 2.70. The Balaban J connectivity index is 2.52. The highest BCUT2D eigenvalue weighted by Gasteiger charge is 2.18. The average molecular weight is 263 g/mol. The molecule has 0 aliphatic carbocycles. The second-order valence-corrected chi connectivity index (χ2v) is 3.96. The van der Waals surface area contributed by atoms with Gasteiger partial charge in [-0.05, 0) is 13.0 Å². The number of imidazole rings is 1. The van der Waals surface area contributed by atoms with E-state index in [0.717, 1.165) is 0 Å². The first-order valence-corrected chi connectivity index (χ1v) is 5.66. The molecule has 0 saturated carbocycles. The number of nitrogens with zero attached hydrogens (tertiary/aromatic N) is 3. The van der Waals surface area contributed by atoms with Crippen molar-refractivity contribution in [3.8, 4) is 0 Å². The Kier molecular flexibility index (Phi) is 3.43. The quantitative estimate of drug-likeness (QED) is 0.605. The third-order valence-electron chi connectivity index (χ3n) is 2.63. The van der Waals surface area contributed by atoms with Gasteiger partial charge in [0.1, 0.15) is 11.3 Å². The Hall–Kier alpha value is -2.48. The number of hydrogen-bond acceptors (Lipinski definition) is 5. The van der Waals surface area contributed by atoms with Crippen LogP contribution in [0.25, 0.3) is 5.65 Å². The van der Waals surface area contributed by atoms with E-state index in [1.165, 1.54) is 22.7 Å². The second-order valence-electron chi connectivity index (χ2n) is 3.96. The van der Waals surface area contributed by atoms with Crippen LogP contribution in [-0.2, 0) is 0 Å². The number of rotatable bonds is 4. The molecule has 0 aliphatic heterocycles. The number of fused-ring (bicyclic) bond motifs is 1. The monoisotopic (exact) mass is 263 g/mol. The molecule has 8 heteroatoms. The molecule has 0 bridgehead atoms. The van der Waals surface area contributed by atoms with Crippen molar-refractivity contribution in [3.63, 3.8) is 0 Å². The maximum atomic E-state index is 12.0. The van der Waals surface area contributed by atoms with Gasteiger partial charge in [0.2, 0.25) is 0 Å². The number of amides is 1. The Morgan fingerprint density at radius 2 is 2.32 bits per heavy atom. The van der Waals surface area contributed by atoms with Crippen LogP contribution in [0.5, 0.6) is 0 Å². The highest BCUT2D eigenvalue weighted by atomic mass is 16.6. The van der Waals surface area contributed by atoms with Crippen LogP contribution in [0.1, 0.15) is 16.2 Å². The van der Waals surface area contributed by atoms with Gasteiger partial charge < -0.3 is 11.1 Å². The highest BCUT2D eigenvalue weighted by Crippen LogP contribution is 2.17. The lowest BCUT2D eigenvalue weighted by atomic mass is 10.3. The summed E-state index contributed by atoms with van der Waals surface area (Å²) in [6, 6.07) is 2.86. The summed E-state index contributed by atoms with van der Waals surface area (Å²) in [4.78, 5) is 26.4. The van der Waals surface area contributed by atoms with Crippen molar-refractivity contribution in [1.82, 2.24) is 14.7 Å². The molecule has 0 unspecified atom stereocenters. The molecule has 0 fully saturated rings. The van der Waals surface area contributed by atoms with E-state index in [1.807, 2.05) is 0 Å². The Labute approximate surface area is 108 Å². The summed E-state index contributed by atoms with van der Waals surface area (Å²) < 4.78 is 1.42. The van der Waals surface area contributed by atoms with Gasteiger partial charge in [-0.25, -0.2) is 4.98 Å². The fourth-order valence-electron chi connectivity index (χ4n) is 1.80. The van der Waals surface area contributed by atoms with Crippen LogP contribution in [0.4, 0.5) is 5.69 Å². The number of nitro groups is 1. The number of aromatic nitrogens is 2. The summed E-state index contributed by atoms with van der Waals surface area (Å²) >= 11 is 0. The summed E-state index contributed by atoms with van der Waals surface area (Å²) in [5, 5.41) is 13.4. The molecular formula is C11H13N5O3. The Morgan fingerprint density at radius 1 is 1.58 bits per heavy atom. The first-order valence-electron chi connectivity index (χ1n) is 5.66. The predicted octanol–water partition coefficient (Wildman–Crippen LogP) is 0.239. The lowest BCUT2D eigenvalue weighted by Crippen LogP contribution is -2.30. The van der Waals surface area contributed by atoms with E-state index in [0.29, 0.717) is 24.4 Å². The van der Waals surface area contributed by atoms with Gasteiger partial charge in [-0.3, -0.25) is 19.3 Å². The van der Waals surface area contributed by atoms with Crippen LogP contribution in [0.2, 0.25) is 0 Å². The second kappa shape index (κ2) is 5.02. The van der Waals surface area contributed by atoms with Gasteiger partial charge in [0.15, 0.2) is 0 Å². The van der Waals surface area contributed by atoms with Crippen LogP contribution < -0.4 is 11.1 Å². The molecular weight excluding hydrogens is 250 g/mol. The molecule has 2 rings (SSSR count). The van der Waals surface area contributed by atoms with Gasteiger partial charge in [0.05, 0.1) is 16.8 Å². The molecule has 8 nitrogen and oxygen atoms in total. The van der Waals surface area contributed by atoms with Crippen molar-refractivity contribution >= 4 is 17.2 Å². The van der Waals surface area contributed by atoms with Gasteiger partial charge in [-0.2, -0.15) is 0 Å². The molecule has 2 heterocycles. The summed E-state index contributed by atoms with van der Waals surface area (Å²) in [6.45, 7) is 2.33. The highest BCUT2D eigenvalue weighted by molar-refractivity contribution is 5.94. The molecule has 0 saturated heterocycles. The fourth-order valence-corrected chi connectivity index (χ4v) is 1.80. The summed E-state index contributed by atoms with van der Waals surface area (Å²) in [7, 11) is 0. The van der Waals surface area contributed by atoms with E-state index < -0.39 is 4.92 Å². The van der Waals surface area contributed by atoms with Crippen LogP contribution in [0.15, 0.2) is 18.3 Å². The van der Waals surface area contributed by atoms with Crippen molar-refractivity contribution in [3.05, 3.63) is 39.8 Å². The van der Waals surface area contributed by atoms with Crippen molar-refractivity contribution in [2.75, 3.05) is 13.1 Å². The maximum absolute atomic E-state index is 12.0. The van der Waals surface area contributed by atoms with E-state index in [9.17, 15) is 14.9 Å². The first kappa shape index (κ1) is 13.0. The van der Waals surface area contributed by atoms with Crippen molar-refractivity contribution in [2.24, 2.45) is 5.73 Å². The molecule has 3 N–H and O–H groups in total. The zero-order valence-electron chi connectivity index (χ0n) is 10.3. The predicted molar refractivity (Wildman–Crippen MR) is 68.0 cm³/mol. The van der Waals surface area contributed by atoms with Crippen molar-refractivity contribution in [2.45, 2.75) is 6.92 Å². The number of pyridine rings is 1. The van der Waals surface area contributed by atoms with E-state index in [2.05, 4.69) is 10.3 Å². The minimum absolute atomic E-state index is 0.0993. The van der Waals surface area contributed by atoms with Crippen LogP contribution in [0.3, 0.4) is 0 Å². The molecule has 0 spiro atoms. The van der Waals surface area contributed by atoms with E-state index in [1.54, 1.807) is 6.92 Å². The first-order chi connectivity index (χ1) is 9.04. The largest absolute Gasteiger partial charge is 0.349 e. The van der Waals surface area contributed by atoms with Crippen molar-refractivity contribution in [1.29, 1.82) is 0 Å². The zero-order chi connectivity index (χ0) is 14.0. The maximum Gasteiger partial charge on any atom is 0.286 e. The molecule has 2 aromatic rings. The number of carbonyl (C=O) groups excluding carboxylic acids is 1. The number of hydrogen-bond donors (Lipinski definition) is 2. The van der Waals surface area contributed by atoms with Gasteiger partial charge in [-0.15, -0.1) is 0 Å². The molecule has 100 valence electrons. The Morgan fingerprint density at radius 3 is 2.95 bits per heavy atom. The van der Waals surface area contributed by atoms with E-state index >= 15 is 0 Å². The SMILES string of the molecule is Cc1nc2ccc([N+](=O)[O-])cn2c1C(=O)NCCN. The van der Waals surface area contributed by atoms with Gasteiger partial charge in [-0.1, -0.05) is 0 Å². The molecule has 1 amide bonds. The third-order valence-corrected chi connectivity index (χ3v) is 2.63. The molecule has 19 heavy (non-hydrogen) atoms. The summed E-state index contributed by atoms with van der Waals surface area (Å²) in [5.74, 6) is -0.351. The fraction of sp³-hybridized carbons (Fsp3) is 0.273. The van der Waals surface area contributed by atoms with E-state index in [4.69, 9.17) is 5.73 Å². The number of nitrogens with one attached hydrogen (secondary N) is 1. The van der Waals surface area contributed by atoms with Crippen LogP contribution >= 0.6 is 0 Å². The number of aryl methyl sites for hydroxylation is 1.